The first kappa shape index (κ1) is 16.5. The average Bonchev–Trinajstić information content (AvgIpc) is 2.68. The van der Waals surface area contributed by atoms with Crippen molar-refractivity contribution in [1.82, 2.24) is 20.2 Å². The lowest BCUT2D eigenvalue weighted by Crippen LogP contribution is -2.33. The van der Waals surface area contributed by atoms with Gasteiger partial charge in [0.05, 0.1) is 13.2 Å². The van der Waals surface area contributed by atoms with Gasteiger partial charge in [0.1, 0.15) is 11.6 Å². The lowest BCUT2D eigenvalue weighted by molar-refractivity contribution is 0.241. The minimum absolute atomic E-state index is 0.342. The summed E-state index contributed by atoms with van der Waals surface area (Å²) in [5.74, 6) is 1.91. The fourth-order valence-corrected chi connectivity index (χ4v) is 3.79. The Morgan fingerprint density at radius 3 is 3.12 bits per heavy atom. The van der Waals surface area contributed by atoms with E-state index in [1.165, 1.54) is 29.7 Å². The van der Waals surface area contributed by atoms with Gasteiger partial charge in [-0.2, -0.15) is 0 Å². The van der Waals surface area contributed by atoms with Crippen LogP contribution in [0, 0.1) is 0 Å². The van der Waals surface area contributed by atoms with E-state index in [-0.39, 0.29) is 0 Å². The highest BCUT2D eigenvalue weighted by Crippen LogP contribution is 2.24. The van der Waals surface area contributed by atoms with Crippen molar-refractivity contribution in [2.45, 2.75) is 44.8 Å². The van der Waals surface area contributed by atoms with Gasteiger partial charge < -0.3 is 10.1 Å². The molecule has 0 bridgehead atoms. The molecule has 5 heteroatoms. The van der Waals surface area contributed by atoms with E-state index < -0.39 is 0 Å². The van der Waals surface area contributed by atoms with E-state index in [0.717, 1.165) is 50.6 Å². The molecule has 1 N–H and O–H groups in total. The summed E-state index contributed by atoms with van der Waals surface area (Å²) in [7, 11) is 1.71. The minimum Gasteiger partial charge on any atom is -0.497 e. The molecule has 1 aromatic carbocycles. The molecule has 4 rings (SSSR count). The van der Waals surface area contributed by atoms with Crippen LogP contribution in [-0.4, -0.2) is 35.1 Å². The maximum absolute atomic E-state index is 5.33. The Bertz CT molecular complexity index is 727. The van der Waals surface area contributed by atoms with Crippen LogP contribution >= 0.6 is 0 Å². The molecule has 0 spiro atoms. The zero-order valence-electron chi connectivity index (χ0n) is 14.9. The van der Waals surface area contributed by atoms with Gasteiger partial charge in [0.2, 0.25) is 0 Å². The molecular weight excluding hydrogens is 312 g/mol. The summed E-state index contributed by atoms with van der Waals surface area (Å²) in [4.78, 5) is 12.0. The number of piperidine rings is 1. The van der Waals surface area contributed by atoms with E-state index in [2.05, 4.69) is 33.4 Å². The number of benzene rings is 1. The monoisotopic (exact) mass is 338 g/mol. The maximum Gasteiger partial charge on any atom is 0.145 e. The van der Waals surface area contributed by atoms with Crippen molar-refractivity contribution in [2.75, 3.05) is 20.2 Å². The molecule has 1 aromatic heterocycles. The fourth-order valence-electron chi connectivity index (χ4n) is 3.79. The first-order valence-corrected chi connectivity index (χ1v) is 9.25. The van der Waals surface area contributed by atoms with Crippen molar-refractivity contribution in [3.8, 4) is 5.75 Å². The van der Waals surface area contributed by atoms with Crippen LogP contribution in [0.25, 0.3) is 0 Å². The second-order valence-electron chi connectivity index (χ2n) is 7.01. The zero-order valence-corrected chi connectivity index (χ0v) is 14.9. The van der Waals surface area contributed by atoms with Crippen molar-refractivity contribution < 1.29 is 4.74 Å². The number of nitrogens with zero attached hydrogens (tertiary/aromatic N) is 3. The minimum atomic E-state index is 0.342. The highest BCUT2D eigenvalue weighted by atomic mass is 16.5. The van der Waals surface area contributed by atoms with Crippen molar-refractivity contribution in [1.29, 1.82) is 0 Å². The van der Waals surface area contributed by atoms with Crippen molar-refractivity contribution in [2.24, 2.45) is 0 Å². The van der Waals surface area contributed by atoms with E-state index in [4.69, 9.17) is 9.72 Å². The van der Waals surface area contributed by atoms with Gasteiger partial charge in [-0.3, -0.25) is 4.90 Å². The molecule has 5 nitrogen and oxygen atoms in total. The summed E-state index contributed by atoms with van der Waals surface area (Å²) in [6.45, 7) is 3.98. The van der Waals surface area contributed by atoms with Gasteiger partial charge in [-0.25, -0.2) is 9.97 Å². The van der Waals surface area contributed by atoms with Crippen LogP contribution in [-0.2, 0) is 19.5 Å². The van der Waals surface area contributed by atoms with Gasteiger partial charge in [0.25, 0.3) is 0 Å². The van der Waals surface area contributed by atoms with Crippen LogP contribution in [0.4, 0.5) is 0 Å². The molecule has 1 atom stereocenters. The Labute approximate surface area is 149 Å². The second kappa shape index (κ2) is 7.50. The Morgan fingerprint density at radius 1 is 1.32 bits per heavy atom. The summed E-state index contributed by atoms with van der Waals surface area (Å²) in [6.07, 6.45) is 6.74. The van der Waals surface area contributed by atoms with Crippen LogP contribution in [0.5, 0.6) is 5.75 Å². The number of fused-ring (bicyclic) bond motifs is 1. The lowest BCUT2D eigenvalue weighted by Gasteiger charge is -2.29. The summed E-state index contributed by atoms with van der Waals surface area (Å²) >= 11 is 0. The highest BCUT2D eigenvalue weighted by Gasteiger charge is 2.22. The standard InChI is InChI=1S/C20H26N4O/c1-25-17-6-4-5-15(11-17)13-24-10-8-18-16(14-24)12-22-20(23-18)19-7-2-3-9-21-19/h4-6,11-12,19,21H,2-3,7-10,13-14H2,1H3. The van der Waals surface area contributed by atoms with E-state index in [1.54, 1.807) is 7.11 Å². The molecule has 2 aromatic rings. The van der Waals surface area contributed by atoms with Gasteiger partial charge in [-0.15, -0.1) is 0 Å². The van der Waals surface area contributed by atoms with Gasteiger partial charge in [0.15, 0.2) is 0 Å². The molecule has 0 aliphatic carbocycles. The SMILES string of the molecule is COc1cccc(CN2CCc3nc(C4CCCCN4)ncc3C2)c1. The number of hydrogen-bond acceptors (Lipinski definition) is 5. The molecule has 2 aliphatic rings. The summed E-state index contributed by atoms with van der Waals surface area (Å²) in [6, 6.07) is 8.66. The third-order valence-corrected chi connectivity index (χ3v) is 5.19. The molecule has 25 heavy (non-hydrogen) atoms. The number of aromatic nitrogens is 2. The van der Waals surface area contributed by atoms with E-state index >= 15 is 0 Å². The number of nitrogens with one attached hydrogen (secondary N) is 1. The van der Waals surface area contributed by atoms with E-state index in [0.29, 0.717) is 6.04 Å². The smallest absolute Gasteiger partial charge is 0.145 e. The van der Waals surface area contributed by atoms with Crippen molar-refractivity contribution in [3.63, 3.8) is 0 Å². The van der Waals surface area contributed by atoms with Crippen LogP contribution in [0.15, 0.2) is 30.5 Å². The molecule has 132 valence electrons. The Kier molecular flexibility index (Phi) is 4.95. The summed E-state index contributed by atoms with van der Waals surface area (Å²) in [5, 5.41) is 3.55. The highest BCUT2D eigenvalue weighted by molar-refractivity contribution is 5.29. The number of rotatable bonds is 4. The molecular formula is C20H26N4O. The molecule has 3 heterocycles. The molecule has 1 fully saturated rings. The molecule has 1 saturated heterocycles. The zero-order chi connectivity index (χ0) is 17.1. The van der Waals surface area contributed by atoms with Gasteiger partial charge in [-0.05, 0) is 37.1 Å². The van der Waals surface area contributed by atoms with E-state index in [9.17, 15) is 0 Å². The largest absolute Gasteiger partial charge is 0.497 e. The maximum atomic E-state index is 5.33. The van der Waals surface area contributed by atoms with Gasteiger partial charge in [0, 0.05) is 43.5 Å². The predicted molar refractivity (Wildman–Crippen MR) is 97.4 cm³/mol. The van der Waals surface area contributed by atoms with Crippen molar-refractivity contribution >= 4 is 0 Å². The molecule has 2 aliphatic heterocycles. The van der Waals surface area contributed by atoms with Crippen LogP contribution < -0.4 is 10.1 Å². The van der Waals surface area contributed by atoms with E-state index in [1.807, 2.05) is 12.3 Å². The quantitative estimate of drug-likeness (QED) is 0.929. The fraction of sp³-hybridized carbons (Fsp3) is 0.500. The third kappa shape index (κ3) is 3.83. The third-order valence-electron chi connectivity index (χ3n) is 5.19. The van der Waals surface area contributed by atoms with Crippen LogP contribution in [0.1, 0.15) is 47.9 Å². The van der Waals surface area contributed by atoms with Crippen LogP contribution in [0.2, 0.25) is 0 Å². The Hall–Kier alpha value is -1.98. The predicted octanol–water partition coefficient (Wildman–Crippen LogP) is 2.86. The second-order valence-corrected chi connectivity index (χ2v) is 7.01. The molecule has 0 amide bonds. The Morgan fingerprint density at radius 2 is 2.28 bits per heavy atom. The lowest BCUT2D eigenvalue weighted by atomic mass is 10.0. The first-order valence-electron chi connectivity index (χ1n) is 9.25. The van der Waals surface area contributed by atoms with Gasteiger partial charge >= 0.3 is 0 Å². The molecule has 0 radical (unpaired) electrons. The summed E-state index contributed by atoms with van der Waals surface area (Å²) < 4.78 is 5.33. The topological polar surface area (TPSA) is 50.3 Å². The number of ether oxygens (including phenoxy) is 1. The Balaban J connectivity index is 1.44. The van der Waals surface area contributed by atoms with Crippen molar-refractivity contribution in [3.05, 3.63) is 53.1 Å². The molecule has 0 saturated carbocycles. The average molecular weight is 338 g/mol. The molecule has 1 unspecified atom stereocenters. The number of hydrogen-bond donors (Lipinski definition) is 1. The van der Waals surface area contributed by atoms with Gasteiger partial charge in [-0.1, -0.05) is 18.6 Å². The summed E-state index contributed by atoms with van der Waals surface area (Å²) in [5.41, 5.74) is 3.79. The normalized spacial score (nSPS) is 20.9. The number of methoxy groups -OCH3 is 1. The van der Waals surface area contributed by atoms with Crippen LogP contribution in [0.3, 0.4) is 0 Å². The first-order chi connectivity index (χ1) is 12.3.